The van der Waals surface area contributed by atoms with Gasteiger partial charge >= 0.3 is 5.97 Å². The zero-order valence-electron chi connectivity index (χ0n) is 20.0. The molecule has 0 saturated carbocycles. The number of fused-ring (bicyclic) bond motifs is 1. The van der Waals surface area contributed by atoms with Crippen LogP contribution in [0.25, 0.3) is 33.2 Å². The van der Waals surface area contributed by atoms with Gasteiger partial charge in [-0.05, 0) is 41.3 Å². The first-order chi connectivity index (χ1) is 17.9. The van der Waals surface area contributed by atoms with Gasteiger partial charge in [0, 0.05) is 23.4 Å². The smallest absolute Gasteiger partial charge is 0.325 e. The van der Waals surface area contributed by atoms with Crippen LogP contribution in [0, 0.1) is 10.1 Å². The number of benzene rings is 4. The van der Waals surface area contributed by atoms with Gasteiger partial charge in [-0.1, -0.05) is 78.9 Å². The Labute approximate surface area is 213 Å². The second-order valence-corrected chi connectivity index (χ2v) is 8.83. The molecule has 5 aromatic rings. The molecule has 2 N–H and O–H groups in total. The van der Waals surface area contributed by atoms with Crippen LogP contribution in [0.15, 0.2) is 101 Å². The van der Waals surface area contributed by atoms with Gasteiger partial charge < -0.3 is 14.8 Å². The van der Waals surface area contributed by atoms with Crippen molar-refractivity contribution < 1.29 is 19.2 Å². The minimum atomic E-state index is -1.09. The van der Waals surface area contributed by atoms with Gasteiger partial charge in [-0.25, -0.2) is 0 Å². The van der Waals surface area contributed by atoms with Gasteiger partial charge in [-0.15, -0.1) is 0 Å². The summed E-state index contributed by atoms with van der Waals surface area (Å²) in [4.78, 5) is 22.3. The van der Waals surface area contributed by atoms with Crippen molar-refractivity contribution >= 4 is 28.3 Å². The largest absolute Gasteiger partial charge is 0.480 e. The van der Waals surface area contributed by atoms with Crippen molar-refractivity contribution in [1.29, 1.82) is 0 Å². The van der Waals surface area contributed by atoms with Gasteiger partial charge in [0.1, 0.15) is 23.1 Å². The number of nitrogens with zero attached hydrogens (tertiary/aromatic N) is 1. The van der Waals surface area contributed by atoms with E-state index in [1.165, 1.54) is 13.0 Å². The summed E-state index contributed by atoms with van der Waals surface area (Å²) < 4.78 is 6.25. The lowest BCUT2D eigenvalue weighted by Gasteiger charge is -2.12. The Morgan fingerprint density at radius 1 is 0.919 bits per heavy atom. The quantitative estimate of drug-likeness (QED) is 0.176. The maximum atomic E-state index is 11.7. The molecule has 1 aromatic heterocycles. The average molecular weight is 493 g/mol. The number of nitrogens with one attached hydrogen (secondary N) is 1. The molecule has 0 radical (unpaired) electrons. The number of aliphatic carboxylic acids is 1. The lowest BCUT2D eigenvalue weighted by Crippen LogP contribution is -2.25. The zero-order valence-corrected chi connectivity index (χ0v) is 20.0. The Balaban J connectivity index is 1.51. The highest BCUT2D eigenvalue weighted by Crippen LogP contribution is 2.38. The summed E-state index contributed by atoms with van der Waals surface area (Å²) in [5.41, 5.74) is 5.44. The maximum Gasteiger partial charge on any atom is 0.325 e. The summed E-state index contributed by atoms with van der Waals surface area (Å²) in [5, 5.41) is 24.5. The van der Waals surface area contributed by atoms with Gasteiger partial charge in [-0.2, -0.15) is 0 Å². The molecule has 0 aliphatic rings. The Morgan fingerprint density at radius 3 is 2.27 bits per heavy atom. The number of hydrogen-bond donors (Lipinski definition) is 2. The molecule has 0 aliphatic carbocycles. The van der Waals surface area contributed by atoms with E-state index in [-0.39, 0.29) is 11.4 Å². The first-order valence-corrected chi connectivity index (χ1v) is 11.8. The van der Waals surface area contributed by atoms with Crippen molar-refractivity contribution in [2.24, 2.45) is 0 Å². The Hall–Kier alpha value is -4.91. The molecule has 184 valence electrons. The van der Waals surface area contributed by atoms with Gasteiger partial charge in [-0.3, -0.25) is 14.9 Å². The Kier molecular flexibility index (Phi) is 6.43. The number of hydrogen-bond acceptors (Lipinski definition) is 5. The van der Waals surface area contributed by atoms with E-state index in [4.69, 9.17) is 9.52 Å². The van der Waals surface area contributed by atoms with Crippen LogP contribution in [0.1, 0.15) is 18.2 Å². The third-order valence-corrected chi connectivity index (χ3v) is 6.32. The molecule has 0 saturated heterocycles. The first kappa shape index (κ1) is 23.8. The van der Waals surface area contributed by atoms with E-state index < -0.39 is 16.9 Å². The maximum absolute atomic E-state index is 11.7. The van der Waals surface area contributed by atoms with E-state index in [0.717, 1.165) is 39.0 Å². The number of carboxylic acid groups (broad SMARTS) is 1. The average Bonchev–Trinajstić information content (AvgIpc) is 3.27. The van der Waals surface area contributed by atoms with E-state index in [1.807, 2.05) is 66.7 Å². The second-order valence-electron chi connectivity index (χ2n) is 8.83. The van der Waals surface area contributed by atoms with Crippen LogP contribution in [0.3, 0.4) is 0 Å². The van der Waals surface area contributed by atoms with Crippen LogP contribution in [0.5, 0.6) is 0 Å². The van der Waals surface area contributed by atoms with Crippen LogP contribution < -0.4 is 5.32 Å². The van der Waals surface area contributed by atoms with E-state index in [0.29, 0.717) is 12.0 Å². The molecule has 1 atom stereocenters. The number of carboxylic acids is 1. The number of anilines is 1. The molecule has 4 aromatic carbocycles. The van der Waals surface area contributed by atoms with Crippen LogP contribution in [0.4, 0.5) is 11.4 Å². The lowest BCUT2D eigenvalue weighted by molar-refractivity contribution is -0.383. The summed E-state index contributed by atoms with van der Waals surface area (Å²) in [5.74, 6) is -0.217. The lowest BCUT2D eigenvalue weighted by atomic mass is 9.96. The SMILES string of the molecule is C[C@H](Nc1ccc(-c2ccc(-c3c(Cc4ccccc4)oc4ccccc34)cc2)cc1[N+](=O)[O-])C(=O)O. The third kappa shape index (κ3) is 4.92. The van der Waals surface area contributed by atoms with E-state index in [9.17, 15) is 14.9 Å². The van der Waals surface area contributed by atoms with Gasteiger partial charge in [0.25, 0.3) is 5.69 Å². The Morgan fingerprint density at radius 2 is 1.57 bits per heavy atom. The molecular formula is C30H24N2O5. The first-order valence-electron chi connectivity index (χ1n) is 11.8. The molecule has 37 heavy (non-hydrogen) atoms. The van der Waals surface area contributed by atoms with Crippen LogP contribution in [0.2, 0.25) is 0 Å². The molecule has 7 heteroatoms. The van der Waals surface area contributed by atoms with Crippen LogP contribution in [-0.2, 0) is 11.2 Å². The predicted octanol–water partition coefficient (Wildman–Crippen LogP) is 7.15. The topological polar surface area (TPSA) is 106 Å². The standard InChI is InChI=1S/C30H24N2O5/c1-19(30(33)34)31-25-16-15-23(18-26(25)32(35)36)21-11-13-22(14-12-21)29-24-9-5-6-10-27(24)37-28(29)17-20-7-3-2-4-8-20/h2-16,18-19,31H,17H2,1H3,(H,33,34)/t19-/m0/s1. The van der Waals surface area contributed by atoms with Crippen molar-refractivity contribution in [2.75, 3.05) is 5.32 Å². The summed E-state index contributed by atoms with van der Waals surface area (Å²) in [6.07, 6.45) is 0.655. The molecule has 0 bridgehead atoms. The number of nitro benzene ring substituents is 1. The second kappa shape index (κ2) is 9.99. The fourth-order valence-corrected chi connectivity index (χ4v) is 4.43. The highest BCUT2D eigenvalue weighted by Gasteiger charge is 2.20. The fraction of sp³-hybridized carbons (Fsp3) is 0.100. The molecule has 0 fully saturated rings. The summed E-state index contributed by atoms with van der Waals surface area (Å²) in [6.45, 7) is 1.43. The van der Waals surface area contributed by atoms with E-state index in [2.05, 4.69) is 17.4 Å². The molecule has 0 amide bonds. The number of para-hydroxylation sites is 1. The third-order valence-electron chi connectivity index (χ3n) is 6.32. The fourth-order valence-electron chi connectivity index (χ4n) is 4.43. The van der Waals surface area contributed by atoms with E-state index in [1.54, 1.807) is 12.1 Å². The van der Waals surface area contributed by atoms with Crippen LogP contribution in [-0.4, -0.2) is 22.0 Å². The summed E-state index contributed by atoms with van der Waals surface area (Å²) in [6, 6.07) is 29.7. The van der Waals surface area contributed by atoms with Crippen molar-refractivity contribution in [3.8, 4) is 22.3 Å². The monoisotopic (exact) mass is 492 g/mol. The molecule has 1 heterocycles. The van der Waals surface area contributed by atoms with Crippen molar-refractivity contribution in [3.63, 3.8) is 0 Å². The highest BCUT2D eigenvalue weighted by molar-refractivity contribution is 5.96. The zero-order chi connectivity index (χ0) is 25.9. The van der Waals surface area contributed by atoms with Crippen molar-refractivity contribution in [3.05, 3.63) is 118 Å². The van der Waals surface area contributed by atoms with Gasteiger partial charge in [0.2, 0.25) is 0 Å². The predicted molar refractivity (Wildman–Crippen MR) is 144 cm³/mol. The van der Waals surface area contributed by atoms with Gasteiger partial charge in [0.15, 0.2) is 0 Å². The molecular weight excluding hydrogens is 468 g/mol. The van der Waals surface area contributed by atoms with Gasteiger partial charge in [0.05, 0.1) is 4.92 Å². The number of furan rings is 1. The number of rotatable bonds is 8. The molecule has 0 spiro atoms. The van der Waals surface area contributed by atoms with Crippen molar-refractivity contribution in [1.82, 2.24) is 0 Å². The summed E-state index contributed by atoms with van der Waals surface area (Å²) >= 11 is 0. The molecule has 0 aliphatic heterocycles. The number of carbonyl (C=O) groups is 1. The molecule has 5 rings (SSSR count). The minimum Gasteiger partial charge on any atom is -0.480 e. The molecule has 0 unspecified atom stereocenters. The van der Waals surface area contributed by atoms with Crippen LogP contribution >= 0.6 is 0 Å². The normalized spacial score (nSPS) is 11.8. The number of nitro groups is 1. The summed E-state index contributed by atoms with van der Waals surface area (Å²) in [7, 11) is 0. The van der Waals surface area contributed by atoms with E-state index >= 15 is 0 Å². The molecule has 7 nitrogen and oxygen atoms in total. The highest BCUT2D eigenvalue weighted by atomic mass is 16.6. The van der Waals surface area contributed by atoms with Crippen molar-refractivity contribution in [2.45, 2.75) is 19.4 Å². The Bertz CT molecular complexity index is 1590. The minimum absolute atomic E-state index is 0.163.